The molecule has 4 heteroatoms. The van der Waals surface area contributed by atoms with Crippen molar-refractivity contribution in [2.24, 2.45) is 0 Å². The highest BCUT2D eigenvalue weighted by atomic mass is 16.5. The van der Waals surface area contributed by atoms with Crippen molar-refractivity contribution >= 4 is 11.6 Å². The smallest absolute Gasteiger partial charge is 0.224 e. The third-order valence-electron chi connectivity index (χ3n) is 3.56. The van der Waals surface area contributed by atoms with Crippen LogP contribution in [0.25, 0.3) is 0 Å². The Morgan fingerprint density at radius 2 is 1.78 bits per heavy atom. The zero-order valence-electron chi connectivity index (χ0n) is 13.6. The topological polar surface area (TPSA) is 58.6 Å². The number of hydrogen-bond acceptors (Lipinski definition) is 3. The lowest BCUT2D eigenvalue weighted by Crippen LogP contribution is -2.12. The van der Waals surface area contributed by atoms with E-state index in [1.165, 1.54) is 0 Å². The first-order valence-corrected chi connectivity index (χ1v) is 7.86. The molecular formula is C19H23NO3. The van der Waals surface area contributed by atoms with Gasteiger partial charge in [-0.05, 0) is 50.1 Å². The molecular weight excluding hydrogens is 290 g/mol. The number of ether oxygens (including phenoxy) is 1. The van der Waals surface area contributed by atoms with Crippen LogP contribution >= 0.6 is 0 Å². The maximum Gasteiger partial charge on any atom is 0.224 e. The van der Waals surface area contributed by atoms with Crippen LogP contribution in [-0.4, -0.2) is 17.6 Å². The second-order valence-corrected chi connectivity index (χ2v) is 5.47. The van der Waals surface area contributed by atoms with E-state index in [0.29, 0.717) is 13.0 Å². The Labute approximate surface area is 137 Å². The van der Waals surface area contributed by atoms with Gasteiger partial charge >= 0.3 is 0 Å². The van der Waals surface area contributed by atoms with Gasteiger partial charge in [0.2, 0.25) is 5.91 Å². The maximum atomic E-state index is 11.9. The second kappa shape index (κ2) is 8.34. The SMILES string of the molecule is CCOc1ccc(C(O)CCC(=O)Nc2ccc(C)cc2)cc1. The average Bonchev–Trinajstić information content (AvgIpc) is 2.56. The van der Waals surface area contributed by atoms with Crippen molar-refractivity contribution in [2.75, 3.05) is 11.9 Å². The molecule has 0 aliphatic rings. The van der Waals surface area contributed by atoms with Gasteiger partial charge in [-0.15, -0.1) is 0 Å². The summed E-state index contributed by atoms with van der Waals surface area (Å²) in [5.74, 6) is 0.680. The molecule has 4 nitrogen and oxygen atoms in total. The van der Waals surface area contributed by atoms with E-state index in [0.717, 1.165) is 22.6 Å². The number of aryl methyl sites for hydroxylation is 1. The fourth-order valence-corrected chi connectivity index (χ4v) is 2.25. The maximum absolute atomic E-state index is 11.9. The summed E-state index contributed by atoms with van der Waals surface area (Å²) in [6.45, 7) is 4.54. The largest absolute Gasteiger partial charge is 0.494 e. The van der Waals surface area contributed by atoms with Crippen LogP contribution in [0.5, 0.6) is 5.75 Å². The van der Waals surface area contributed by atoms with E-state index in [1.54, 1.807) is 0 Å². The van der Waals surface area contributed by atoms with Crippen molar-refractivity contribution in [1.29, 1.82) is 0 Å². The molecule has 0 saturated heterocycles. The van der Waals surface area contributed by atoms with Gasteiger partial charge in [0.1, 0.15) is 5.75 Å². The summed E-state index contributed by atoms with van der Waals surface area (Å²) in [5, 5.41) is 13.0. The summed E-state index contributed by atoms with van der Waals surface area (Å²) >= 11 is 0. The third kappa shape index (κ3) is 5.42. The van der Waals surface area contributed by atoms with Gasteiger partial charge in [-0.1, -0.05) is 29.8 Å². The molecule has 1 amide bonds. The van der Waals surface area contributed by atoms with E-state index >= 15 is 0 Å². The van der Waals surface area contributed by atoms with E-state index < -0.39 is 6.10 Å². The minimum atomic E-state index is -0.658. The first-order valence-electron chi connectivity index (χ1n) is 7.86. The summed E-state index contributed by atoms with van der Waals surface area (Å²) in [6.07, 6.45) is -0.0112. The van der Waals surface area contributed by atoms with Crippen molar-refractivity contribution in [1.82, 2.24) is 0 Å². The first-order chi connectivity index (χ1) is 11.1. The molecule has 0 radical (unpaired) electrons. The predicted octanol–water partition coefficient (Wildman–Crippen LogP) is 3.85. The number of benzene rings is 2. The number of carbonyl (C=O) groups is 1. The van der Waals surface area contributed by atoms with Gasteiger partial charge in [0.15, 0.2) is 0 Å². The van der Waals surface area contributed by atoms with Crippen molar-refractivity contribution in [3.8, 4) is 5.75 Å². The molecule has 0 aromatic heterocycles. The molecule has 0 fully saturated rings. The fraction of sp³-hybridized carbons (Fsp3) is 0.316. The monoisotopic (exact) mass is 313 g/mol. The van der Waals surface area contributed by atoms with E-state index in [-0.39, 0.29) is 12.3 Å². The molecule has 23 heavy (non-hydrogen) atoms. The lowest BCUT2D eigenvalue weighted by molar-refractivity contribution is -0.116. The van der Waals surface area contributed by atoms with Crippen LogP contribution in [0, 0.1) is 6.92 Å². The summed E-state index contributed by atoms with van der Waals surface area (Å²) in [7, 11) is 0. The zero-order valence-corrected chi connectivity index (χ0v) is 13.6. The first kappa shape index (κ1) is 17.0. The Bertz CT molecular complexity index is 620. The average molecular weight is 313 g/mol. The number of aliphatic hydroxyl groups excluding tert-OH is 1. The molecule has 2 aromatic carbocycles. The number of rotatable bonds is 7. The third-order valence-corrected chi connectivity index (χ3v) is 3.56. The van der Waals surface area contributed by atoms with E-state index in [9.17, 15) is 9.90 Å². The molecule has 1 atom stereocenters. The number of aliphatic hydroxyl groups is 1. The van der Waals surface area contributed by atoms with E-state index in [4.69, 9.17) is 4.74 Å². The van der Waals surface area contributed by atoms with Crippen LogP contribution in [-0.2, 0) is 4.79 Å². The zero-order chi connectivity index (χ0) is 16.7. The molecule has 2 rings (SSSR count). The Kier molecular flexibility index (Phi) is 6.18. The molecule has 122 valence electrons. The summed E-state index contributed by atoms with van der Waals surface area (Å²) in [6, 6.07) is 14.9. The molecule has 0 bridgehead atoms. The second-order valence-electron chi connectivity index (χ2n) is 5.47. The standard InChI is InChI=1S/C19H23NO3/c1-3-23-17-10-6-15(7-11-17)18(21)12-13-19(22)20-16-8-4-14(2)5-9-16/h4-11,18,21H,3,12-13H2,1-2H3,(H,20,22). The summed E-state index contributed by atoms with van der Waals surface area (Å²) in [5.41, 5.74) is 2.71. The fourth-order valence-electron chi connectivity index (χ4n) is 2.25. The normalized spacial score (nSPS) is 11.8. The van der Waals surface area contributed by atoms with Gasteiger partial charge in [0.05, 0.1) is 12.7 Å². The Balaban J connectivity index is 1.82. The molecule has 0 spiro atoms. The van der Waals surface area contributed by atoms with Gasteiger partial charge in [0, 0.05) is 12.1 Å². The number of hydrogen-bond donors (Lipinski definition) is 2. The Morgan fingerprint density at radius 3 is 2.39 bits per heavy atom. The highest BCUT2D eigenvalue weighted by molar-refractivity contribution is 5.90. The molecule has 1 unspecified atom stereocenters. The van der Waals surface area contributed by atoms with Crippen LogP contribution in [0.3, 0.4) is 0 Å². The molecule has 0 aliphatic heterocycles. The Morgan fingerprint density at radius 1 is 1.13 bits per heavy atom. The van der Waals surface area contributed by atoms with Crippen molar-refractivity contribution in [3.05, 3.63) is 59.7 Å². The minimum absolute atomic E-state index is 0.0983. The van der Waals surface area contributed by atoms with E-state index in [1.807, 2.05) is 62.4 Å². The van der Waals surface area contributed by atoms with Crippen LogP contribution < -0.4 is 10.1 Å². The molecule has 0 aliphatic carbocycles. The lowest BCUT2D eigenvalue weighted by atomic mass is 10.0. The van der Waals surface area contributed by atoms with Gasteiger partial charge in [-0.3, -0.25) is 4.79 Å². The number of anilines is 1. The van der Waals surface area contributed by atoms with Crippen LogP contribution in [0.15, 0.2) is 48.5 Å². The van der Waals surface area contributed by atoms with Gasteiger partial charge in [-0.2, -0.15) is 0 Å². The quantitative estimate of drug-likeness (QED) is 0.816. The van der Waals surface area contributed by atoms with Crippen LogP contribution in [0.2, 0.25) is 0 Å². The minimum Gasteiger partial charge on any atom is -0.494 e. The van der Waals surface area contributed by atoms with Crippen molar-refractivity contribution < 1.29 is 14.6 Å². The predicted molar refractivity (Wildman–Crippen MR) is 91.6 cm³/mol. The van der Waals surface area contributed by atoms with Gasteiger partial charge < -0.3 is 15.2 Å². The highest BCUT2D eigenvalue weighted by Gasteiger charge is 2.11. The molecule has 0 saturated carbocycles. The van der Waals surface area contributed by atoms with Crippen molar-refractivity contribution in [2.45, 2.75) is 32.8 Å². The highest BCUT2D eigenvalue weighted by Crippen LogP contribution is 2.21. The molecule has 2 N–H and O–H groups in total. The van der Waals surface area contributed by atoms with Gasteiger partial charge in [-0.25, -0.2) is 0 Å². The van der Waals surface area contributed by atoms with Crippen molar-refractivity contribution in [3.63, 3.8) is 0 Å². The number of nitrogens with one attached hydrogen (secondary N) is 1. The molecule has 2 aromatic rings. The summed E-state index contributed by atoms with van der Waals surface area (Å²) in [4.78, 5) is 11.9. The lowest BCUT2D eigenvalue weighted by Gasteiger charge is -2.12. The summed E-state index contributed by atoms with van der Waals surface area (Å²) < 4.78 is 5.37. The number of amides is 1. The molecule has 0 heterocycles. The van der Waals surface area contributed by atoms with Crippen LogP contribution in [0.1, 0.15) is 37.0 Å². The van der Waals surface area contributed by atoms with Gasteiger partial charge in [0.25, 0.3) is 0 Å². The van der Waals surface area contributed by atoms with Crippen LogP contribution in [0.4, 0.5) is 5.69 Å². The Hall–Kier alpha value is -2.33. The van der Waals surface area contributed by atoms with E-state index in [2.05, 4.69) is 5.32 Å². The number of carbonyl (C=O) groups excluding carboxylic acids is 1.